The van der Waals surface area contributed by atoms with Crippen LogP contribution >= 0.6 is 7.92 Å². The van der Waals surface area contributed by atoms with Crippen LogP contribution < -0.4 is 0 Å². The van der Waals surface area contributed by atoms with Crippen LogP contribution in [0.5, 0.6) is 0 Å². The lowest BCUT2D eigenvalue weighted by molar-refractivity contribution is 0.144. The number of hydrogen-bond acceptors (Lipinski definition) is 0. The van der Waals surface area contributed by atoms with Crippen LogP contribution in [0.1, 0.15) is 111 Å². The Morgan fingerprint density at radius 3 is 2.28 bits per heavy atom. The maximum Gasteiger partial charge on any atom is -0.00844 e. The highest BCUT2D eigenvalue weighted by molar-refractivity contribution is 7.61. The third-order valence-corrected chi connectivity index (χ3v) is 12.9. The van der Waals surface area contributed by atoms with Gasteiger partial charge in [0.15, 0.2) is 0 Å². The number of hydrogen-bond donors (Lipinski definition) is 0. The van der Waals surface area contributed by atoms with Crippen LogP contribution in [0.2, 0.25) is 0 Å². The monoisotopic (exact) mass is 362 g/mol. The first kappa shape index (κ1) is 18.8. The molecule has 0 spiro atoms. The Kier molecular flexibility index (Phi) is 5.60. The zero-order chi connectivity index (χ0) is 17.5. The molecule has 144 valence electrons. The number of fused-ring (bicyclic) bond motifs is 4. The Hall–Kier alpha value is 0.430. The molecule has 0 N–H and O–H groups in total. The number of unbranched alkanes of at least 4 members (excludes halogenated alkanes) is 1. The zero-order valence-electron chi connectivity index (χ0n) is 17.4. The molecule has 0 heterocycles. The van der Waals surface area contributed by atoms with Gasteiger partial charge in [-0.05, 0) is 91.5 Å². The second kappa shape index (κ2) is 7.45. The second-order valence-electron chi connectivity index (χ2n) is 11.0. The molecule has 4 fully saturated rings. The molecule has 4 aliphatic carbocycles. The highest BCUT2D eigenvalue weighted by Gasteiger charge is 2.54. The summed E-state index contributed by atoms with van der Waals surface area (Å²) < 4.78 is 0. The van der Waals surface area contributed by atoms with Crippen molar-refractivity contribution in [3.63, 3.8) is 0 Å². The Balaban J connectivity index is 1.62. The maximum absolute atomic E-state index is 2.80. The van der Waals surface area contributed by atoms with Crippen molar-refractivity contribution >= 4 is 7.92 Å². The van der Waals surface area contributed by atoms with Crippen molar-refractivity contribution in [1.82, 2.24) is 0 Å². The first-order valence-electron chi connectivity index (χ1n) is 11.8. The second-order valence-corrected chi connectivity index (χ2v) is 14.4. The number of rotatable bonds is 5. The van der Waals surface area contributed by atoms with Gasteiger partial charge in [-0.1, -0.05) is 67.2 Å². The molecule has 0 aromatic carbocycles. The van der Waals surface area contributed by atoms with E-state index >= 15 is 0 Å². The lowest BCUT2D eigenvalue weighted by Gasteiger charge is -2.60. The summed E-state index contributed by atoms with van der Waals surface area (Å²) in [6.07, 6.45) is 23.5. The first-order valence-corrected chi connectivity index (χ1v) is 13.3. The molecule has 25 heavy (non-hydrogen) atoms. The minimum absolute atomic E-state index is 0.204. The van der Waals surface area contributed by atoms with Gasteiger partial charge in [-0.15, -0.1) is 0 Å². The molecule has 4 aliphatic rings. The third kappa shape index (κ3) is 3.73. The molecule has 0 aliphatic heterocycles. The standard InChI is InChI=1S/C24H43P/c1-4-5-12-25(23(3)16-21-8-6-9-22(14-21)17-23)24-11-7-10-20(18-24)13-19(2)15-24/h19-22H,4-18H2,1-3H3/t19-,20+,21-,22+,23?,24?,25?/m1/s1. The molecule has 0 aromatic heterocycles. The average molecular weight is 363 g/mol. The molecule has 0 aromatic rings. The van der Waals surface area contributed by atoms with Gasteiger partial charge in [0, 0.05) is 0 Å². The minimum atomic E-state index is 0.204. The van der Waals surface area contributed by atoms with Gasteiger partial charge in [-0.2, -0.15) is 0 Å². The largest absolute Gasteiger partial charge is 0.0942 e. The Morgan fingerprint density at radius 2 is 1.56 bits per heavy atom. The smallest absolute Gasteiger partial charge is 0.00844 e. The first-order chi connectivity index (χ1) is 12.0. The Bertz CT molecular complexity index is 441. The van der Waals surface area contributed by atoms with E-state index in [9.17, 15) is 0 Å². The summed E-state index contributed by atoms with van der Waals surface area (Å²) in [5.41, 5.74) is 0. The normalized spacial score (nSPS) is 48.1. The van der Waals surface area contributed by atoms with Crippen molar-refractivity contribution in [2.45, 2.75) is 121 Å². The molecule has 7 atom stereocenters. The van der Waals surface area contributed by atoms with E-state index < -0.39 is 0 Å². The van der Waals surface area contributed by atoms with Gasteiger partial charge in [0.05, 0.1) is 0 Å². The van der Waals surface area contributed by atoms with Crippen LogP contribution in [0, 0.1) is 23.7 Å². The predicted molar refractivity (Wildman–Crippen MR) is 113 cm³/mol. The van der Waals surface area contributed by atoms with E-state index in [2.05, 4.69) is 20.8 Å². The molecule has 4 rings (SSSR count). The SMILES string of the molecule is CCCCP(C1(C)C[C@@H]2CCC[C@@H](C2)C1)C12CCC[C@@H](C[C@@H](C)C1)C2. The Labute approximate surface area is 159 Å². The van der Waals surface area contributed by atoms with Crippen molar-refractivity contribution in [1.29, 1.82) is 0 Å². The van der Waals surface area contributed by atoms with Crippen molar-refractivity contribution in [2.75, 3.05) is 6.16 Å². The van der Waals surface area contributed by atoms with Gasteiger partial charge in [0.1, 0.15) is 0 Å². The van der Waals surface area contributed by atoms with E-state index in [-0.39, 0.29) is 7.92 Å². The summed E-state index contributed by atoms with van der Waals surface area (Å²) in [5, 5.41) is 1.53. The summed E-state index contributed by atoms with van der Waals surface area (Å²) in [7, 11) is 0.204. The van der Waals surface area contributed by atoms with E-state index in [1.54, 1.807) is 83.2 Å². The fourth-order valence-electron chi connectivity index (χ4n) is 8.22. The highest BCUT2D eigenvalue weighted by atomic mass is 31.1. The van der Waals surface area contributed by atoms with E-state index in [4.69, 9.17) is 0 Å². The van der Waals surface area contributed by atoms with Gasteiger partial charge >= 0.3 is 0 Å². The van der Waals surface area contributed by atoms with Crippen LogP contribution in [0.15, 0.2) is 0 Å². The summed E-state index contributed by atoms with van der Waals surface area (Å²) in [5.74, 6) is 4.30. The van der Waals surface area contributed by atoms with Crippen molar-refractivity contribution in [3.8, 4) is 0 Å². The van der Waals surface area contributed by atoms with Gasteiger partial charge in [0.2, 0.25) is 0 Å². The fraction of sp³-hybridized carbons (Fsp3) is 1.00. The lowest BCUT2D eigenvalue weighted by Crippen LogP contribution is -2.48. The highest BCUT2D eigenvalue weighted by Crippen LogP contribution is 2.73. The lowest BCUT2D eigenvalue weighted by atomic mass is 9.67. The van der Waals surface area contributed by atoms with E-state index in [1.807, 2.05) is 0 Å². The molecular weight excluding hydrogens is 319 g/mol. The van der Waals surface area contributed by atoms with Crippen LogP contribution in [0.25, 0.3) is 0 Å². The molecule has 0 saturated heterocycles. The predicted octanol–water partition coefficient (Wildman–Crippen LogP) is 7.99. The van der Waals surface area contributed by atoms with Crippen LogP contribution in [0.4, 0.5) is 0 Å². The summed E-state index contributed by atoms with van der Waals surface area (Å²) >= 11 is 0. The summed E-state index contributed by atoms with van der Waals surface area (Å²) in [6.45, 7) is 7.82. The van der Waals surface area contributed by atoms with E-state index in [1.165, 1.54) is 12.8 Å². The molecule has 3 unspecified atom stereocenters. The van der Waals surface area contributed by atoms with Crippen molar-refractivity contribution in [2.24, 2.45) is 23.7 Å². The molecule has 4 bridgehead atoms. The topological polar surface area (TPSA) is 0 Å². The maximum atomic E-state index is 2.80. The molecule has 0 amide bonds. The quantitative estimate of drug-likeness (QED) is 0.435. The van der Waals surface area contributed by atoms with Gasteiger partial charge < -0.3 is 0 Å². The molecular formula is C24H43P. The molecule has 0 radical (unpaired) electrons. The van der Waals surface area contributed by atoms with Crippen LogP contribution in [0.3, 0.4) is 0 Å². The van der Waals surface area contributed by atoms with Gasteiger partial charge in [-0.3, -0.25) is 0 Å². The average Bonchev–Trinajstić information content (AvgIpc) is 2.53. The summed E-state index contributed by atoms with van der Waals surface area (Å²) in [6, 6.07) is 0. The van der Waals surface area contributed by atoms with Crippen molar-refractivity contribution < 1.29 is 0 Å². The minimum Gasteiger partial charge on any atom is -0.0942 e. The van der Waals surface area contributed by atoms with Crippen molar-refractivity contribution in [3.05, 3.63) is 0 Å². The van der Waals surface area contributed by atoms with Gasteiger partial charge in [0.25, 0.3) is 0 Å². The molecule has 4 saturated carbocycles. The van der Waals surface area contributed by atoms with E-state index in [0.29, 0.717) is 0 Å². The summed E-state index contributed by atoms with van der Waals surface area (Å²) in [4.78, 5) is 0. The third-order valence-electron chi connectivity index (χ3n) is 8.70. The zero-order valence-corrected chi connectivity index (χ0v) is 18.3. The molecule has 1 heteroatoms. The van der Waals surface area contributed by atoms with Crippen LogP contribution in [-0.2, 0) is 0 Å². The Morgan fingerprint density at radius 1 is 0.880 bits per heavy atom. The van der Waals surface area contributed by atoms with Crippen LogP contribution in [-0.4, -0.2) is 16.5 Å². The fourth-order valence-corrected chi connectivity index (χ4v) is 13.4. The van der Waals surface area contributed by atoms with E-state index in [0.717, 1.165) is 34.0 Å². The molecule has 0 nitrogen and oxygen atoms in total. The van der Waals surface area contributed by atoms with Gasteiger partial charge in [-0.25, -0.2) is 0 Å².